The van der Waals surface area contributed by atoms with Gasteiger partial charge in [0.2, 0.25) is 5.91 Å². The first-order chi connectivity index (χ1) is 15.4. The topological polar surface area (TPSA) is 63.2 Å². The van der Waals surface area contributed by atoms with E-state index >= 15 is 0 Å². The molecule has 0 aliphatic rings. The third-order valence-corrected chi connectivity index (χ3v) is 8.45. The van der Waals surface area contributed by atoms with Crippen LogP contribution in [0.2, 0.25) is 0 Å². The lowest BCUT2D eigenvalue weighted by Gasteiger charge is -2.17. The zero-order valence-corrected chi connectivity index (χ0v) is 21.3. The van der Waals surface area contributed by atoms with Crippen LogP contribution in [0.1, 0.15) is 43.2 Å². The van der Waals surface area contributed by atoms with Gasteiger partial charge in [0.25, 0.3) is 0 Å². The first-order valence-corrected chi connectivity index (χ1v) is 15.4. The maximum absolute atomic E-state index is 11.9. The van der Waals surface area contributed by atoms with Gasteiger partial charge in [-0.15, -0.1) is 0 Å². The summed E-state index contributed by atoms with van der Waals surface area (Å²) in [4.78, 5) is 11.9. The number of amides is 1. The monoisotopic (exact) mass is 493 g/mol. The summed E-state index contributed by atoms with van der Waals surface area (Å²) in [7, 11) is -3.03. The van der Waals surface area contributed by atoms with Gasteiger partial charge >= 0.3 is 0 Å². The molecule has 0 fully saturated rings. The SMILES string of the molecule is CS(=O)(=O)CCNC(=O)CCCCC(CCSCc1ccccc1)SCc1ccccc1. The van der Waals surface area contributed by atoms with Crippen molar-refractivity contribution in [3.8, 4) is 0 Å². The van der Waals surface area contributed by atoms with Crippen molar-refractivity contribution in [1.29, 1.82) is 0 Å². The molecule has 1 N–H and O–H groups in total. The fourth-order valence-electron chi connectivity index (χ4n) is 3.20. The number of carbonyl (C=O) groups is 1. The van der Waals surface area contributed by atoms with Crippen molar-refractivity contribution >= 4 is 39.3 Å². The highest BCUT2D eigenvalue weighted by Gasteiger charge is 2.11. The van der Waals surface area contributed by atoms with E-state index < -0.39 is 9.84 Å². The Balaban J connectivity index is 1.69. The van der Waals surface area contributed by atoms with Crippen LogP contribution in [-0.2, 0) is 26.1 Å². The number of hydrogen-bond donors (Lipinski definition) is 1. The number of sulfone groups is 1. The number of thioether (sulfide) groups is 2. The average molecular weight is 494 g/mol. The molecular weight excluding hydrogens is 458 g/mol. The molecule has 32 heavy (non-hydrogen) atoms. The van der Waals surface area contributed by atoms with E-state index in [2.05, 4.69) is 59.9 Å². The van der Waals surface area contributed by atoms with E-state index in [0.717, 1.165) is 42.9 Å². The number of benzene rings is 2. The average Bonchev–Trinajstić information content (AvgIpc) is 2.77. The van der Waals surface area contributed by atoms with E-state index in [9.17, 15) is 13.2 Å². The van der Waals surface area contributed by atoms with Crippen molar-refractivity contribution in [3.63, 3.8) is 0 Å². The second-order valence-electron chi connectivity index (χ2n) is 7.97. The van der Waals surface area contributed by atoms with Crippen LogP contribution in [0.15, 0.2) is 60.7 Å². The third kappa shape index (κ3) is 13.2. The molecule has 2 aromatic carbocycles. The molecule has 176 valence electrons. The van der Waals surface area contributed by atoms with Gasteiger partial charge in [0.15, 0.2) is 0 Å². The first kappa shape index (κ1) is 26.8. The molecule has 2 aromatic rings. The molecule has 0 aliphatic carbocycles. The van der Waals surface area contributed by atoms with E-state index in [-0.39, 0.29) is 18.2 Å². The molecule has 0 spiro atoms. The zero-order valence-electron chi connectivity index (χ0n) is 18.9. The molecule has 1 unspecified atom stereocenters. The van der Waals surface area contributed by atoms with Crippen molar-refractivity contribution in [3.05, 3.63) is 71.8 Å². The predicted molar refractivity (Wildman–Crippen MR) is 140 cm³/mol. The molecule has 2 rings (SSSR count). The maximum Gasteiger partial charge on any atom is 0.220 e. The molecule has 1 amide bonds. The Labute approximate surface area is 202 Å². The van der Waals surface area contributed by atoms with Crippen LogP contribution in [0.4, 0.5) is 0 Å². The van der Waals surface area contributed by atoms with Crippen LogP contribution in [0.25, 0.3) is 0 Å². The lowest BCUT2D eigenvalue weighted by Crippen LogP contribution is -2.28. The Morgan fingerprint density at radius 2 is 1.53 bits per heavy atom. The second-order valence-corrected chi connectivity index (χ2v) is 12.6. The fourth-order valence-corrected chi connectivity index (χ4v) is 6.08. The second kappa shape index (κ2) is 15.4. The lowest BCUT2D eigenvalue weighted by atomic mass is 10.1. The quantitative estimate of drug-likeness (QED) is 0.320. The molecule has 7 heteroatoms. The van der Waals surface area contributed by atoms with Crippen LogP contribution < -0.4 is 5.32 Å². The van der Waals surface area contributed by atoms with Crippen LogP contribution >= 0.6 is 23.5 Å². The molecule has 0 aliphatic heterocycles. The highest BCUT2D eigenvalue weighted by atomic mass is 32.2. The lowest BCUT2D eigenvalue weighted by molar-refractivity contribution is -0.121. The van der Waals surface area contributed by atoms with Crippen molar-refractivity contribution in [2.24, 2.45) is 0 Å². The Bertz CT molecular complexity index is 874. The molecule has 0 aromatic heterocycles. The minimum atomic E-state index is -3.03. The van der Waals surface area contributed by atoms with Crippen molar-refractivity contribution in [1.82, 2.24) is 5.32 Å². The summed E-state index contributed by atoms with van der Waals surface area (Å²) in [6, 6.07) is 21.2. The number of unbranched alkanes of at least 4 members (excludes halogenated alkanes) is 1. The van der Waals surface area contributed by atoms with Crippen molar-refractivity contribution in [2.45, 2.75) is 48.9 Å². The zero-order chi connectivity index (χ0) is 23.1. The number of hydrogen-bond acceptors (Lipinski definition) is 5. The fraction of sp³-hybridized carbons (Fsp3) is 0.480. The smallest absolute Gasteiger partial charge is 0.220 e. The van der Waals surface area contributed by atoms with E-state index in [1.165, 1.54) is 17.4 Å². The number of carbonyl (C=O) groups excluding carboxylic acids is 1. The minimum Gasteiger partial charge on any atom is -0.355 e. The molecule has 0 saturated carbocycles. The highest BCUT2D eigenvalue weighted by Crippen LogP contribution is 2.27. The van der Waals surface area contributed by atoms with Gasteiger partial charge in [0, 0.05) is 36.0 Å². The molecule has 0 radical (unpaired) electrons. The summed E-state index contributed by atoms with van der Waals surface area (Å²) in [5.41, 5.74) is 2.72. The van der Waals surface area contributed by atoms with Gasteiger partial charge in [-0.3, -0.25) is 4.79 Å². The first-order valence-electron chi connectivity index (χ1n) is 11.1. The summed E-state index contributed by atoms with van der Waals surface area (Å²) in [6.45, 7) is 0.200. The molecule has 0 heterocycles. The Morgan fingerprint density at radius 3 is 2.16 bits per heavy atom. The number of rotatable bonds is 16. The largest absolute Gasteiger partial charge is 0.355 e. The summed E-state index contributed by atoms with van der Waals surface area (Å²) in [5, 5.41) is 3.28. The van der Waals surface area contributed by atoms with Gasteiger partial charge < -0.3 is 5.32 Å². The molecular formula is C25H35NO3S3. The van der Waals surface area contributed by atoms with Crippen LogP contribution in [0.3, 0.4) is 0 Å². The summed E-state index contributed by atoms with van der Waals surface area (Å²) in [5.74, 6) is 3.14. The standard InChI is InChI=1S/C25H35NO3S3/c1-32(28,29)19-17-26-25(27)15-9-8-14-24(31-21-23-12-6-3-7-13-23)16-18-30-20-22-10-4-2-5-11-22/h2-7,10-13,24H,8-9,14-21H2,1H3,(H,26,27). The minimum absolute atomic E-state index is 0.00239. The Morgan fingerprint density at radius 1 is 0.906 bits per heavy atom. The van der Waals surface area contributed by atoms with Gasteiger partial charge in [-0.25, -0.2) is 8.42 Å². The molecule has 1 atom stereocenters. The highest BCUT2D eigenvalue weighted by molar-refractivity contribution is 7.99. The summed E-state index contributed by atoms with van der Waals surface area (Å²) in [6.07, 6.45) is 5.75. The van der Waals surface area contributed by atoms with Gasteiger partial charge in [-0.2, -0.15) is 23.5 Å². The van der Waals surface area contributed by atoms with E-state index in [1.54, 1.807) is 0 Å². The molecule has 0 bridgehead atoms. The number of nitrogens with one attached hydrogen (secondary N) is 1. The van der Waals surface area contributed by atoms with Crippen LogP contribution in [-0.4, -0.2) is 43.9 Å². The predicted octanol–water partition coefficient (Wildman–Crippen LogP) is 5.33. The normalized spacial score (nSPS) is 12.4. The van der Waals surface area contributed by atoms with E-state index in [4.69, 9.17) is 0 Å². The van der Waals surface area contributed by atoms with Gasteiger partial charge in [-0.05, 0) is 36.1 Å². The maximum atomic E-state index is 11.9. The summed E-state index contributed by atoms with van der Waals surface area (Å²) >= 11 is 4.00. The van der Waals surface area contributed by atoms with Crippen molar-refractivity contribution < 1.29 is 13.2 Å². The Hall–Kier alpha value is -1.44. The van der Waals surface area contributed by atoms with Crippen LogP contribution in [0.5, 0.6) is 0 Å². The van der Waals surface area contributed by atoms with Crippen LogP contribution in [0, 0.1) is 0 Å². The van der Waals surface area contributed by atoms with Gasteiger partial charge in [-0.1, -0.05) is 67.1 Å². The van der Waals surface area contributed by atoms with Gasteiger partial charge in [0.05, 0.1) is 5.75 Å². The summed E-state index contributed by atoms with van der Waals surface area (Å²) < 4.78 is 22.3. The Kier molecular flexibility index (Phi) is 12.9. The molecule has 0 saturated heterocycles. The van der Waals surface area contributed by atoms with E-state index in [1.807, 2.05) is 29.6 Å². The van der Waals surface area contributed by atoms with E-state index in [0.29, 0.717) is 11.7 Å². The van der Waals surface area contributed by atoms with Gasteiger partial charge in [0.1, 0.15) is 9.84 Å². The van der Waals surface area contributed by atoms with Crippen molar-refractivity contribution in [2.75, 3.05) is 24.3 Å². The third-order valence-electron chi connectivity index (χ3n) is 5.00. The molecule has 4 nitrogen and oxygen atoms in total.